The van der Waals surface area contributed by atoms with Crippen LogP contribution in [0.5, 0.6) is 11.5 Å². The predicted molar refractivity (Wildman–Crippen MR) is 78.1 cm³/mol. The monoisotopic (exact) mass is 275 g/mol. The van der Waals surface area contributed by atoms with Gasteiger partial charge in [-0.2, -0.15) is 0 Å². The van der Waals surface area contributed by atoms with E-state index >= 15 is 0 Å². The maximum atomic E-state index is 5.58. The summed E-state index contributed by atoms with van der Waals surface area (Å²) in [6, 6.07) is 10.0. The van der Waals surface area contributed by atoms with Crippen LogP contribution in [-0.4, -0.2) is 13.7 Å². The third-order valence-corrected chi connectivity index (χ3v) is 3.11. The third-order valence-electron chi connectivity index (χ3n) is 3.11. The number of benzene rings is 1. The summed E-state index contributed by atoms with van der Waals surface area (Å²) in [7, 11) is 1.65. The van der Waals surface area contributed by atoms with Crippen molar-refractivity contribution in [3.05, 3.63) is 47.9 Å². The minimum atomic E-state index is 0.169. The molecule has 0 aliphatic heterocycles. The quantitative estimate of drug-likeness (QED) is 0.839. The number of ether oxygens (including phenoxy) is 2. The summed E-state index contributed by atoms with van der Waals surface area (Å²) in [4.78, 5) is 0. The van der Waals surface area contributed by atoms with Gasteiger partial charge >= 0.3 is 0 Å². The van der Waals surface area contributed by atoms with Crippen LogP contribution >= 0.6 is 0 Å². The van der Waals surface area contributed by atoms with E-state index in [-0.39, 0.29) is 6.04 Å². The zero-order valence-electron chi connectivity index (χ0n) is 12.2. The van der Waals surface area contributed by atoms with Gasteiger partial charge in [-0.25, -0.2) is 0 Å². The Kier molecular flexibility index (Phi) is 5.07. The summed E-state index contributed by atoms with van der Waals surface area (Å²) in [6.07, 6.45) is 1.69. The van der Waals surface area contributed by atoms with Gasteiger partial charge in [0.25, 0.3) is 0 Å². The highest BCUT2D eigenvalue weighted by Crippen LogP contribution is 2.28. The molecule has 0 aliphatic rings. The molecule has 0 saturated heterocycles. The van der Waals surface area contributed by atoms with E-state index in [2.05, 4.69) is 12.2 Å². The standard InChI is InChI=1S/C16H21NO3/c1-4-19-16-10-13(7-8-15(16)18-3)11-17-12(2)14-6-5-9-20-14/h5-10,12,17H,4,11H2,1-3H3/t12-/m1/s1. The normalized spacial score (nSPS) is 12.2. The van der Waals surface area contributed by atoms with Gasteiger partial charge in [-0.1, -0.05) is 6.07 Å². The Morgan fingerprint density at radius 1 is 1.25 bits per heavy atom. The molecule has 20 heavy (non-hydrogen) atoms. The molecule has 0 saturated carbocycles. The van der Waals surface area contributed by atoms with E-state index in [9.17, 15) is 0 Å². The van der Waals surface area contributed by atoms with E-state index in [1.54, 1.807) is 13.4 Å². The van der Waals surface area contributed by atoms with Crippen LogP contribution < -0.4 is 14.8 Å². The SMILES string of the molecule is CCOc1cc(CN[C@H](C)c2ccco2)ccc1OC. The van der Waals surface area contributed by atoms with Gasteiger partial charge in [0.05, 0.1) is 26.0 Å². The molecule has 0 radical (unpaired) electrons. The van der Waals surface area contributed by atoms with Crippen molar-refractivity contribution >= 4 is 0 Å². The predicted octanol–water partition coefficient (Wildman–Crippen LogP) is 3.54. The molecule has 0 bridgehead atoms. The fourth-order valence-corrected chi connectivity index (χ4v) is 2.01. The molecule has 0 spiro atoms. The van der Waals surface area contributed by atoms with Crippen LogP contribution in [0.15, 0.2) is 41.0 Å². The van der Waals surface area contributed by atoms with Crippen molar-refractivity contribution in [2.45, 2.75) is 26.4 Å². The molecule has 108 valence electrons. The Hall–Kier alpha value is -1.94. The Balaban J connectivity index is 2.00. The van der Waals surface area contributed by atoms with Crippen LogP contribution in [0.4, 0.5) is 0 Å². The van der Waals surface area contributed by atoms with Crippen LogP contribution in [0.2, 0.25) is 0 Å². The van der Waals surface area contributed by atoms with Gasteiger partial charge < -0.3 is 19.2 Å². The van der Waals surface area contributed by atoms with E-state index < -0.39 is 0 Å². The van der Waals surface area contributed by atoms with Crippen molar-refractivity contribution in [2.75, 3.05) is 13.7 Å². The van der Waals surface area contributed by atoms with Crippen molar-refractivity contribution in [3.63, 3.8) is 0 Å². The van der Waals surface area contributed by atoms with E-state index in [4.69, 9.17) is 13.9 Å². The average molecular weight is 275 g/mol. The molecule has 2 aromatic rings. The second-order valence-corrected chi connectivity index (χ2v) is 4.54. The van der Waals surface area contributed by atoms with Crippen LogP contribution in [0.1, 0.15) is 31.2 Å². The van der Waals surface area contributed by atoms with Crippen LogP contribution in [0.25, 0.3) is 0 Å². The molecule has 1 aromatic carbocycles. The minimum absolute atomic E-state index is 0.169. The van der Waals surface area contributed by atoms with Gasteiger partial charge in [0.2, 0.25) is 0 Å². The molecule has 0 unspecified atom stereocenters. The van der Waals surface area contributed by atoms with Crippen molar-refractivity contribution in [2.24, 2.45) is 0 Å². The topological polar surface area (TPSA) is 43.6 Å². The molecule has 1 N–H and O–H groups in total. The number of methoxy groups -OCH3 is 1. The number of rotatable bonds is 7. The first-order valence-corrected chi connectivity index (χ1v) is 6.81. The van der Waals surface area contributed by atoms with Gasteiger partial charge in [0.1, 0.15) is 5.76 Å². The molecule has 0 amide bonds. The minimum Gasteiger partial charge on any atom is -0.493 e. The molecule has 4 heteroatoms. The van der Waals surface area contributed by atoms with Gasteiger partial charge in [0, 0.05) is 6.54 Å². The lowest BCUT2D eigenvalue weighted by molar-refractivity contribution is 0.310. The van der Waals surface area contributed by atoms with E-state index in [1.807, 2.05) is 37.3 Å². The Morgan fingerprint density at radius 3 is 2.75 bits per heavy atom. The average Bonchev–Trinajstić information content (AvgIpc) is 2.99. The van der Waals surface area contributed by atoms with Crippen LogP contribution in [0, 0.1) is 0 Å². The van der Waals surface area contributed by atoms with Crippen molar-refractivity contribution in [1.29, 1.82) is 0 Å². The highest BCUT2D eigenvalue weighted by molar-refractivity contribution is 5.42. The Morgan fingerprint density at radius 2 is 2.10 bits per heavy atom. The molecule has 1 atom stereocenters. The maximum Gasteiger partial charge on any atom is 0.161 e. The van der Waals surface area contributed by atoms with E-state index in [1.165, 1.54) is 0 Å². The lowest BCUT2D eigenvalue weighted by Crippen LogP contribution is -2.17. The number of hydrogen-bond donors (Lipinski definition) is 1. The number of nitrogens with one attached hydrogen (secondary N) is 1. The van der Waals surface area contributed by atoms with Crippen molar-refractivity contribution < 1.29 is 13.9 Å². The second kappa shape index (κ2) is 7.01. The zero-order valence-corrected chi connectivity index (χ0v) is 12.2. The molecule has 1 heterocycles. The largest absolute Gasteiger partial charge is 0.493 e. The first kappa shape index (κ1) is 14.5. The Labute approximate surface area is 119 Å². The van der Waals surface area contributed by atoms with E-state index in [0.717, 1.165) is 29.4 Å². The molecule has 0 fully saturated rings. The van der Waals surface area contributed by atoms with E-state index in [0.29, 0.717) is 6.61 Å². The van der Waals surface area contributed by atoms with Gasteiger partial charge in [-0.3, -0.25) is 0 Å². The second-order valence-electron chi connectivity index (χ2n) is 4.54. The summed E-state index contributed by atoms with van der Waals surface area (Å²) in [5.74, 6) is 2.47. The fourth-order valence-electron chi connectivity index (χ4n) is 2.01. The highest BCUT2D eigenvalue weighted by Gasteiger charge is 2.09. The van der Waals surface area contributed by atoms with Gasteiger partial charge in [-0.05, 0) is 43.7 Å². The Bertz CT molecular complexity index is 523. The van der Waals surface area contributed by atoms with Gasteiger partial charge in [0.15, 0.2) is 11.5 Å². The summed E-state index contributed by atoms with van der Waals surface area (Å²) >= 11 is 0. The zero-order chi connectivity index (χ0) is 14.4. The molecular formula is C16H21NO3. The maximum absolute atomic E-state index is 5.58. The number of hydrogen-bond acceptors (Lipinski definition) is 4. The molecule has 2 rings (SSSR count). The first-order valence-electron chi connectivity index (χ1n) is 6.81. The van der Waals surface area contributed by atoms with Gasteiger partial charge in [-0.15, -0.1) is 0 Å². The summed E-state index contributed by atoms with van der Waals surface area (Å²) in [6.45, 7) is 5.40. The lowest BCUT2D eigenvalue weighted by Gasteiger charge is -2.14. The van der Waals surface area contributed by atoms with Crippen molar-refractivity contribution in [3.8, 4) is 11.5 Å². The van der Waals surface area contributed by atoms with Crippen LogP contribution in [-0.2, 0) is 6.54 Å². The van der Waals surface area contributed by atoms with Crippen molar-refractivity contribution in [1.82, 2.24) is 5.32 Å². The molecule has 0 aliphatic carbocycles. The summed E-state index contributed by atoms with van der Waals surface area (Å²) < 4.78 is 16.2. The molecule has 1 aromatic heterocycles. The lowest BCUT2D eigenvalue weighted by atomic mass is 10.1. The van der Waals surface area contributed by atoms with Crippen LogP contribution in [0.3, 0.4) is 0 Å². The number of furan rings is 1. The summed E-state index contributed by atoms with van der Waals surface area (Å²) in [5.41, 5.74) is 1.15. The third kappa shape index (κ3) is 3.54. The molecule has 4 nitrogen and oxygen atoms in total. The fraction of sp³-hybridized carbons (Fsp3) is 0.375. The smallest absolute Gasteiger partial charge is 0.161 e. The summed E-state index contributed by atoms with van der Waals surface area (Å²) in [5, 5.41) is 3.42. The molecular weight excluding hydrogens is 254 g/mol. The highest BCUT2D eigenvalue weighted by atomic mass is 16.5. The first-order chi connectivity index (χ1) is 9.74.